The van der Waals surface area contributed by atoms with E-state index in [1.807, 2.05) is 30.3 Å². The Balaban J connectivity index is 1.68. The number of thiocarbonyl (C=S) groups is 1. The normalized spacial score (nSPS) is 20.9. The lowest BCUT2D eigenvalue weighted by molar-refractivity contribution is 0.284. The van der Waals surface area contributed by atoms with Crippen LogP contribution in [-0.4, -0.2) is 31.6 Å². The zero-order valence-electron chi connectivity index (χ0n) is 10.5. The van der Waals surface area contributed by atoms with E-state index in [2.05, 4.69) is 5.32 Å². The van der Waals surface area contributed by atoms with E-state index in [1.165, 1.54) is 0 Å². The summed E-state index contributed by atoms with van der Waals surface area (Å²) in [6, 6.07) is 9.76. The Labute approximate surface area is 119 Å². The first-order valence-electron chi connectivity index (χ1n) is 6.20. The van der Waals surface area contributed by atoms with Gasteiger partial charge in [0.15, 0.2) is 9.84 Å². The number of benzene rings is 1. The first-order chi connectivity index (χ1) is 9.05. The zero-order chi connectivity index (χ0) is 13.7. The van der Waals surface area contributed by atoms with Gasteiger partial charge in [-0.2, -0.15) is 0 Å². The van der Waals surface area contributed by atoms with Crippen molar-refractivity contribution >= 4 is 27.2 Å². The molecule has 0 spiro atoms. The summed E-state index contributed by atoms with van der Waals surface area (Å²) in [4.78, 5) is 0. The quantitative estimate of drug-likeness (QED) is 0.854. The van der Waals surface area contributed by atoms with E-state index in [0.29, 0.717) is 24.7 Å². The van der Waals surface area contributed by atoms with Crippen molar-refractivity contribution in [3.05, 3.63) is 35.9 Å². The molecule has 1 aromatic carbocycles. The Kier molecular flexibility index (Phi) is 4.76. The SMILES string of the molecule is O=S1(=O)CCC(CNC(=S)OCc2ccccc2)C1. The predicted octanol–water partition coefficient (Wildman–Crippen LogP) is 1.51. The van der Waals surface area contributed by atoms with Gasteiger partial charge in [0.05, 0.1) is 11.5 Å². The minimum absolute atomic E-state index is 0.142. The van der Waals surface area contributed by atoms with Crippen LogP contribution in [0.1, 0.15) is 12.0 Å². The summed E-state index contributed by atoms with van der Waals surface area (Å²) >= 11 is 5.06. The van der Waals surface area contributed by atoms with Crippen LogP contribution < -0.4 is 5.32 Å². The van der Waals surface area contributed by atoms with Gasteiger partial charge in [-0.1, -0.05) is 30.3 Å². The second-order valence-corrected chi connectivity index (χ2v) is 7.31. The van der Waals surface area contributed by atoms with Gasteiger partial charge in [-0.3, -0.25) is 0 Å². The van der Waals surface area contributed by atoms with Gasteiger partial charge >= 0.3 is 0 Å². The van der Waals surface area contributed by atoms with Crippen molar-refractivity contribution < 1.29 is 13.2 Å². The monoisotopic (exact) mass is 299 g/mol. The fourth-order valence-electron chi connectivity index (χ4n) is 2.03. The molecule has 1 atom stereocenters. The van der Waals surface area contributed by atoms with E-state index >= 15 is 0 Å². The number of hydrogen-bond donors (Lipinski definition) is 1. The van der Waals surface area contributed by atoms with Crippen LogP contribution in [0.25, 0.3) is 0 Å². The highest BCUT2D eigenvalue weighted by Crippen LogP contribution is 2.17. The van der Waals surface area contributed by atoms with Gasteiger partial charge in [0, 0.05) is 6.54 Å². The molecule has 1 unspecified atom stereocenters. The third-order valence-electron chi connectivity index (χ3n) is 3.07. The number of hydrogen-bond acceptors (Lipinski definition) is 4. The second-order valence-electron chi connectivity index (χ2n) is 4.71. The number of ether oxygens (including phenoxy) is 1. The molecule has 1 fully saturated rings. The molecule has 1 heterocycles. The fourth-order valence-corrected chi connectivity index (χ4v) is 4.04. The Morgan fingerprint density at radius 2 is 2.11 bits per heavy atom. The molecule has 4 nitrogen and oxygen atoms in total. The standard InChI is InChI=1S/C13H17NO3S2/c15-19(16)7-6-12(10-19)8-14-13(18)17-9-11-4-2-1-3-5-11/h1-5,12H,6-10H2,(H,14,18). The van der Waals surface area contributed by atoms with E-state index in [0.717, 1.165) is 5.56 Å². The highest BCUT2D eigenvalue weighted by atomic mass is 32.2. The molecule has 1 aliphatic heterocycles. The van der Waals surface area contributed by atoms with Crippen molar-refractivity contribution in [3.63, 3.8) is 0 Å². The van der Waals surface area contributed by atoms with Gasteiger partial charge in [0.2, 0.25) is 0 Å². The van der Waals surface area contributed by atoms with Crippen molar-refractivity contribution in [2.75, 3.05) is 18.1 Å². The first kappa shape index (κ1) is 14.3. The third-order valence-corrected chi connectivity index (χ3v) is 5.17. The van der Waals surface area contributed by atoms with Gasteiger partial charge in [-0.05, 0) is 30.1 Å². The average Bonchev–Trinajstić information content (AvgIpc) is 2.75. The Morgan fingerprint density at radius 3 is 2.74 bits per heavy atom. The number of sulfone groups is 1. The summed E-state index contributed by atoms with van der Waals surface area (Å²) in [5, 5.41) is 3.30. The van der Waals surface area contributed by atoms with Crippen molar-refractivity contribution in [1.82, 2.24) is 5.32 Å². The highest BCUT2D eigenvalue weighted by Gasteiger charge is 2.27. The van der Waals surface area contributed by atoms with Crippen molar-refractivity contribution in [2.45, 2.75) is 13.0 Å². The summed E-state index contributed by atoms with van der Waals surface area (Å²) in [7, 11) is -2.82. The fraction of sp³-hybridized carbons (Fsp3) is 0.462. The molecule has 1 N–H and O–H groups in total. The zero-order valence-corrected chi connectivity index (χ0v) is 12.2. The van der Waals surface area contributed by atoms with Gasteiger partial charge in [-0.15, -0.1) is 0 Å². The smallest absolute Gasteiger partial charge is 0.256 e. The van der Waals surface area contributed by atoms with E-state index in [-0.39, 0.29) is 17.4 Å². The largest absolute Gasteiger partial charge is 0.466 e. The minimum atomic E-state index is -2.82. The lowest BCUT2D eigenvalue weighted by atomic mass is 10.1. The van der Waals surface area contributed by atoms with Gasteiger partial charge in [-0.25, -0.2) is 8.42 Å². The summed E-state index contributed by atoms with van der Waals surface area (Å²) in [6.07, 6.45) is 0.705. The molecule has 1 aromatic rings. The van der Waals surface area contributed by atoms with Crippen LogP contribution in [0.4, 0.5) is 0 Å². The summed E-state index contributed by atoms with van der Waals surface area (Å²) in [6.45, 7) is 0.989. The second kappa shape index (κ2) is 6.34. The Bertz CT molecular complexity index is 528. The summed E-state index contributed by atoms with van der Waals surface area (Å²) < 4.78 is 28.0. The molecule has 2 rings (SSSR count). The lowest BCUT2D eigenvalue weighted by Gasteiger charge is -2.12. The topological polar surface area (TPSA) is 55.4 Å². The van der Waals surface area contributed by atoms with Crippen LogP contribution in [0, 0.1) is 5.92 Å². The van der Waals surface area contributed by atoms with E-state index in [9.17, 15) is 8.42 Å². The van der Waals surface area contributed by atoms with E-state index < -0.39 is 9.84 Å². The summed E-state index contributed by atoms with van der Waals surface area (Å²) in [5.74, 6) is 0.682. The van der Waals surface area contributed by atoms with Crippen molar-refractivity contribution in [3.8, 4) is 0 Å². The summed E-state index contributed by atoms with van der Waals surface area (Å²) in [5.41, 5.74) is 1.05. The lowest BCUT2D eigenvalue weighted by Crippen LogP contribution is -2.30. The van der Waals surface area contributed by atoms with Gasteiger partial charge in [0.25, 0.3) is 5.17 Å². The van der Waals surface area contributed by atoms with Crippen molar-refractivity contribution in [1.29, 1.82) is 0 Å². The minimum Gasteiger partial charge on any atom is -0.466 e. The number of nitrogens with one attached hydrogen (secondary N) is 1. The highest BCUT2D eigenvalue weighted by molar-refractivity contribution is 7.91. The maximum atomic E-state index is 11.3. The molecular weight excluding hydrogens is 282 g/mol. The Morgan fingerprint density at radius 1 is 1.37 bits per heavy atom. The molecule has 104 valence electrons. The molecular formula is C13H17NO3S2. The van der Waals surface area contributed by atoms with Crippen LogP contribution in [0.5, 0.6) is 0 Å². The molecule has 0 saturated carbocycles. The maximum Gasteiger partial charge on any atom is 0.256 e. The van der Waals surface area contributed by atoms with Gasteiger partial charge in [0.1, 0.15) is 6.61 Å². The predicted molar refractivity (Wildman–Crippen MR) is 78.6 cm³/mol. The molecule has 0 aliphatic carbocycles. The molecule has 0 amide bonds. The molecule has 6 heteroatoms. The van der Waals surface area contributed by atoms with Gasteiger partial charge < -0.3 is 10.1 Å². The molecule has 0 radical (unpaired) electrons. The van der Waals surface area contributed by atoms with Crippen molar-refractivity contribution in [2.24, 2.45) is 5.92 Å². The molecule has 19 heavy (non-hydrogen) atoms. The first-order valence-corrected chi connectivity index (χ1v) is 8.43. The van der Waals surface area contributed by atoms with Crippen LogP contribution in [-0.2, 0) is 21.2 Å². The third kappa shape index (κ3) is 4.80. The van der Waals surface area contributed by atoms with Crippen LogP contribution in [0.3, 0.4) is 0 Å². The number of rotatable bonds is 4. The Hall–Kier alpha value is -1.14. The van der Waals surface area contributed by atoms with E-state index in [4.69, 9.17) is 17.0 Å². The van der Waals surface area contributed by atoms with Crippen LogP contribution in [0.2, 0.25) is 0 Å². The van der Waals surface area contributed by atoms with Crippen LogP contribution >= 0.6 is 12.2 Å². The molecule has 1 aliphatic rings. The average molecular weight is 299 g/mol. The van der Waals surface area contributed by atoms with E-state index in [1.54, 1.807) is 0 Å². The maximum absolute atomic E-state index is 11.3. The molecule has 0 bridgehead atoms. The molecule has 0 aromatic heterocycles. The van der Waals surface area contributed by atoms with Crippen LogP contribution in [0.15, 0.2) is 30.3 Å². The molecule has 1 saturated heterocycles.